The molecule has 5 rings (SSSR count). The summed E-state index contributed by atoms with van der Waals surface area (Å²) in [5, 5.41) is 10.8. The molecule has 3 aromatic heterocycles. The molecule has 0 radical (unpaired) electrons. The molecular weight excluding hydrogens is 420 g/mol. The standard InChI is InChI=1S/C24H24N6OS/c1-29-22(14-20(28-29)17-6-3-2-4-7-17)23(31)26-19-9-12-30(13-10-19)24-27-21(16-32-24)18-8-5-11-25-15-18/h2-8,11,14-16,19H,9-10,12-13H2,1H3,(H,26,31). The lowest BCUT2D eigenvalue weighted by molar-refractivity contribution is 0.0921. The number of amides is 1. The summed E-state index contributed by atoms with van der Waals surface area (Å²) in [6, 6.07) is 15.9. The Morgan fingerprint density at radius 3 is 2.59 bits per heavy atom. The first-order valence-electron chi connectivity index (χ1n) is 10.7. The summed E-state index contributed by atoms with van der Waals surface area (Å²) in [5.74, 6) is -0.0752. The number of rotatable bonds is 5. The molecule has 1 aliphatic heterocycles. The molecule has 32 heavy (non-hydrogen) atoms. The average molecular weight is 445 g/mol. The molecule has 1 saturated heterocycles. The Kier molecular flexibility index (Phi) is 5.68. The third kappa shape index (κ3) is 4.27. The number of thiazole rings is 1. The van der Waals surface area contributed by atoms with E-state index in [1.165, 1.54) is 0 Å². The number of aryl methyl sites for hydroxylation is 1. The quantitative estimate of drug-likeness (QED) is 0.503. The third-order valence-corrected chi connectivity index (χ3v) is 6.63. The third-order valence-electron chi connectivity index (χ3n) is 5.73. The summed E-state index contributed by atoms with van der Waals surface area (Å²) in [6.45, 7) is 1.73. The smallest absolute Gasteiger partial charge is 0.269 e. The molecule has 0 saturated carbocycles. The van der Waals surface area contributed by atoms with Crippen LogP contribution in [0, 0.1) is 0 Å². The van der Waals surface area contributed by atoms with Gasteiger partial charge in [-0.25, -0.2) is 4.98 Å². The van der Waals surface area contributed by atoms with Gasteiger partial charge >= 0.3 is 0 Å². The highest BCUT2D eigenvalue weighted by atomic mass is 32.1. The highest BCUT2D eigenvalue weighted by Crippen LogP contribution is 2.29. The van der Waals surface area contributed by atoms with Gasteiger partial charge in [0.25, 0.3) is 5.91 Å². The van der Waals surface area contributed by atoms with Crippen LogP contribution in [0.15, 0.2) is 66.3 Å². The van der Waals surface area contributed by atoms with Gasteiger partial charge in [0, 0.05) is 55.1 Å². The van der Waals surface area contributed by atoms with Crippen LogP contribution in [0.4, 0.5) is 5.13 Å². The number of aromatic nitrogens is 4. The topological polar surface area (TPSA) is 75.9 Å². The number of piperidine rings is 1. The fraction of sp³-hybridized carbons (Fsp3) is 0.250. The lowest BCUT2D eigenvalue weighted by Crippen LogP contribution is -2.45. The maximum Gasteiger partial charge on any atom is 0.269 e. The van der Waals surface area contributed by atoms with E-state index in [2.05, 4.69) is 25.7 Å². The molecule has 0 bridgehead atoms. The molecule has 1 N–H and O–H groups in total. The zero-order valence-corrected chi connectivity index (χ0v) is 18.6. The molecule has 1 amide bonds. The van der Waals surface area contributed by atoms with E-state index in [1.54, 1.807) is 22.2 Å². The van der Waals surface area contributed by atoms with Crippen LogP contribution in [0.2, 0.25) is 0 Å². The number of hydrogen-bond donors (Lipinski definition) is 1. The molecule has 1 aliphatic rings. The van der Waals surface area contributed by atoms with E-state index < -0.39 is 0 Å². The Morgan fingerprint density at radius 2 is 1.84 bits per heavy atom. The van der Waals surface area contributed by atoms with Crippen molar-refractivity contribution in [3.8, 4) is 22.5 Å². The minimum atomic E-state index is -0.0752. The number of benzene rings is 1. The van der Waals surface area contributed by atoms with Crippen LogP contribution < -0.4 is 10.2 Å². The van der Waals surface area contributed by atoms with Crippen molar-refractivity contribution < 1.29 is 4.79 Å². The molecule has 1 aromatic carbocycles. The van der Waals surface area contributed by atoms with E-state index in [1.807, 2.05) is 61.8 Å². The second-order valence-corrected chi connectivity index (χ2v) is 8.73. The molecular formula is C24H24N6OS. The Labute approximate surface area is 190 Å². The van der Waals surface area contributed by atoms with E-state index >= 15 is 0 Å². The fourth-order valence-corrected chi connectivity index (χ4v) is 4.85. The number of hydrogen-bond acceptors (Lipinski definition) is 6. The van der Waals surface area contributed by atoms with Crippen LogP contribution in [-0.2, 0) is 7.05 Å². The number of carbonyl (C=O) groups is 1. The fourth-order valence-electron chi connectivity index (χ4n) is 3.96. The van der Waals surface area contributed by atoms with E-state index in [-0.39, 0.29) is 11.9 Å². The van der Waals surface area contributed by atoms with Crippen molar-refractivity contribution in [2.24, 2.45) is 7.05 Å². The number of pyridine rings is 1. The van der Waals surface area contributed by atoms with Gasteiger partial charge < -0.3 is 10.2 Å². The van der Waals surface area contributed by atoms with Gasteiger partial charge in [0.2, 0.25) is 0 Å². The van der Waals surface area contributed by atoms with Crippen LogP contribution in [-0.4, -0.2) is 44.8 Å². The van der Waals surface area contributed by atoms with E-state index in [0.717, 1.165) is 53.6 Å². The van der Waals surface area contributed by atoms with E-state index in [0.29, 0.717) is 5.69 Å². The predicted molar refractivity (Wildman–Crippen MR) is 127 cm³/mol. The largest absolute Gasteiger partial charge is 0.348 e. The second kappa shape index (κ2) is 8.92. The van der Waals surface area contributed by atoms with Crippen molar-refractivity contribution in [3.63, 3.8) is 0 Å². The first-order valence-corrected chi connectivity index (χ1v) is 11.6. The molecule has 0 spiro atoms. The van der Waals surface area contributed by atoms with Crippen molar-refractivity contribution in [3.05, 3.63) is 72.0 Å². The highest BCUT2D eigenvalue weighted by molar-refractivity contribution is 7.14. The van der Waals surface area contributed by atoms with Crippen molar-refractivity contribution in [2.45, 2.75) is 18.9 Å². The van der Waals surface area contributed by atoms with Crippen molar-refractivity contribution in [2.75, 3.05) is 18.0 Å². The van der Waals surface area contributed by atoms with Crippen molar-refractivity contribution in [1.82, 2.24) is 25.1 Å². The Morgan fingerprint density at radius 1 is 1.06 bits per heavy atom. The van der Waals surface area contributed by atoms with E-state index in [4.69, 9.17) is 4.98 Å². The summed E-state index contributed by atoms with van der Waals surface area (Å²) in [4.78, 5) is 24.1. The summed E-state index contributed by atoms with van der Waals surface area (Å²) >= 11 is 1.65. The predicted octanol–water partition coefficient (Wildman–Crippen LogP) is 4.00. The van der Waals surface area contributed by atoms with Crippen molar-refractivity contribution >= 4 is 22.4 Å². The Bertz CT molecular complexity index is 1200. The molecule has 4 aromatic rings. The summed E-state index contributed by atoms with van der Waals surface area (Å²) in [6.07, 6.45) is 5.37. The average Bonchev–Trinajstić information content (AvgIpc) is 3.48. The van der Waals surface area contributed by atoms with Gasteiger partial charge in [0.05, 0.1) is 11.4 Å². The maximum absolute atomic E-state index is 12.9. The van der Waals surface area contributed by atoms with Crippen molar-refractivity contribution in [1.29, 1.82) is 0 Å². The van der Waals surface area contributed by atoms with Gasteiger partial charge in [-0.3, -0.25) is 14.5 Å². The number of carbonyl (C=O) groups excluding carboxylic acids is 1. The minimum Gasteiger partial charge on any atom is -0.348 e. The molecule has 8 heteroatoms. The molecule has 0 atom stereocenters. The van der Waals surface area contributed by atoms with Crippen LogP contribution >= 0.6 is 11.3 Å². The number of nitrogens with one attached hydrogen (secondary N) is 1. The SMILES string of the molecule is Cn1nc(-c2ccccc2)cc1C(=O)NC1CCN(c2nc(-c3cccnc3)cs2)CC1. The number of anilines is 1. The minimum absolute atomic E-state index is 0.0752. The van der Waals surface area contributed by atoms with Crippen LogP contribution in [0.25, 0.3) is 22.5 Å². The van der Waals surface area contributed by atoms with Crippen LogP contribution in [0.5, 0.6) is 0 Å². The van der Waals surface area contributed by atoms with Gasteiger partial charge in [0.15, 0.2) is 5.13 Å². The lowest BCUT2D eigenvalue weighted by Gasteiger charge is -2.32. The van der Waals surface area contributed by atoms with Gasteiger partial charge in [-0.05, 0) is 31.0 Å². The van der Waals surface area contributed by atoms with Gasteiger partial charge in [-0.1, -0.05) is 30.3 Å². The normalized spacial score (nSPS) is 14.5. The molecule has 0 unspecified atom stereocenters. The summed E-state index contributed by atoms with van der Waals surface area (Å²) < 4.78 is 1.66. The monoisotopic (exact) mass is 444 g/mol. The molecule has 1 fully saturated rings. The Balaban J connectivity index is 1.19. The molecule has 0 aliphatic carbocycles. The lowest BCUT2D eigenvalue weighted by atomic mass is 10.1. The molecule has 4 heterocycles. The molecule has 7 nitrogen and oxygen atoms in total. The Hall–Kier alpha value is -3.52. The second-order valence-electron chi connectivity index (χ2n) is 7.90. The molecule has 162 valence electrons. The summed E-state index contributed by atoms with van der Waals surface area (Å²) in [7, 11) is 1.81. The number of nitrogens with zero attached hydrogens (tertiary/aromatic N) is 5. The summed E-state index contributed by atoms with van der Waals surface area (Å²) in [5.41, 5.74) is 4.38. The van der Waals surface area contributed by atoms with Crippen LogP contribution in [0.3, 0.4) is 0 Å². The van der Waals surface area contributed by atoms with Gasteiger partial charge in [-0.15, -0.1) is 11.3 Å². The zero-order valence-electron chi connectivity index (χ0n) is 17.8. The first kappa shape index (κ1) is 20.4. The highest BCUT2D eigenvalue weighted by Gasteiger charge is 2.24. The van der Waals surface area contributed by atoms with Gasteiger partial charge in [-0.2, -0.15) is 5.10 Å². The van der Waals surface area contributed by atoms with E-state index in [9.17, 15) is 4.79 Å². The maximum atomic E-state index is 12.9. The van der Waals surface area contributed by atoms with Crippen LogP contribution in [0.1, 0.15) is 23.3 Å². The van der Waals surface area contributed by atoms with Gasteiger partial charge in [0.1, 0.15) is 5.69 Å². The first-order chi connectivity index (χ1) is 15.7. The zero-order chi connectivity index (χ0) is 21.9.